The number of fused-ring (bicyclic) bond motifs is 15. The molecule has 0 aliphatic heterocycles. The van der Waals surface area contributed by atoms with Crippen molar-refractivity contribution in [2.75, 3.05) is 4.90 Å². The van der Waals surface area contributed by atoms with Gasteiger partial charge in [-0.05, 0) is 115 Å². The van der Waals surface area contributed by atoms with Gasteiger partial charge in [0, 0.05) is 49.6 Å². The zero-order chi connectivity index (χ0) is 50.4. The van der Waals surface area contributed by atoms with Crippen LogP contribution in [0.15, 0.2) is 282 Å². The minimum atomic E-state index is -0.696. The molecule has 3 aliphatic rings. The summed E-state index contributed by atoms with van der Waals surface area (Å²) in [5.41, 5.74) is 25.1. The van der Waals surface area contributed by atoms with Crippen molar-refractivity contribution in [3.63, 3.8) is 0 Å². The largest absolute Gasteiger partial charge is 0.455 e. The molecule has 0 saturated carbocycles. The zero-order valence-corrected chi connectivity index (χ0v) is 41.7. The maximum atomic E-state index is 6.60. The van der Waals surface area contributed by atoms with Crippen molar-refractivity contribution in [3.05, 3.63) is 306 Å². The first kappa shape index (κ1) is 42.4. The predicted octanol–water partition coefficient (Wildman–Crippen LogP) is 19.6. The Bertz CT molecular complexity index is 4520. The number of hydrogen-bond acceptors (Lipinski definition) is 3. The SMILES string of the molecule is c1ccc2c(c1)-c1ccccc1C13c4ccccc4-c4ccccc4C21c1ccccc1-c1c(N(c2ccc(-c4cccc5c4oc4ccccc45)cc2)c2ccc(-c4cccc5c4oc4ccccc45)cc2)cccc13. The van der Waals surface area contributed by atoms with E-state index in [0.717, 1.165) is 83.2 Å². The highest BCUT2D eigenvalue weighted by Crippen LogP contribution is 2.74. The van der Waals surface area contributed by atoms with E-state index < -0.39 is 10.8 Å². The minimum absolute atomic E-state index is 0.644. The molecule has 0 unspecified atom stereocenters. The average Bonchev–Trinajstić information content (AvgIpc) is 3.50. The molecule has 0 amide bonds. The molecule has 358 valence electrons. The number of para-hydroxylation sites is 4. The first-order valence-corrected chi connectivity index (χ1v) is 26.7. The summed E-state index contributed by atoms with van der Waals surface area (Å²) in [4.78, 5) is 2.49. The maximum absolute atomic E-state index is 6.60. The van der Waals surface area contributed by atoms with Gasteiger partial charge in [0.1, 0.15) is 22.3 Å². The molecule has 77 heavy (non-hydrogen) atoms. The van der Waals surface area contributed by atoms with Gasteiger partial charge in [0.05, 0.1) is 16.5 Å². The molecule has 0 N–H and O–H groups in total. The minimum Gasteiger partial charge on any atom is -0.455 e. The van der Waals surface area contributed by atoms with Gasteiger partial charge in [0.2, 0.25) is 0 Å². The first-order chi connectivity index (χ1) is 38.2. The van der Waals surface area contributed by atoms with E-state index in [1.807, 2.05) is 12.1 Å². The lowest BCUT2D eigenvalue weighted by Gasteiger charge is -2.62. The Kier molecular flexibility index (Phi) is 8.69. The van der Waals surface area contributed by atoms with E-state index in [4.69, 9.17) is 8.83 Å². The third kappa shape index (κ3) is 5.49. The summed E-state index contributed by atoms with van der Waals surface area (Å²) in [6.45, 7) is 0. The van der Waals surface area contributed by atoms with Gasteiger partial charge in [0.15, 0.2) is 0 Å². The zero-order valence-electron chi connectivity index (χ0n) is 41.7. The van der Waals surface area contributed by atoms with Crippen LogP contribution in [-0.2, 0) is 10.8 Å². The van der Waals surface area contributed by atoms with Crippen LogP contribution in [0.2, 0.25) is 0 Å². The van der Waals surface area contributed by atoms with E-state index in [-0.39, 0.29) is 0 Å². The summed E-state index contributed by atoms with van der Waals surface area (Å²) < 4.78 is 13.2. The van der Waals surface area contributed by atoms with Gasteiger partial charge in [-0.1, -0.05) is 231 Å². The Balaban J connectivity index is 0.944. The van der Waals surface area contributed by atoms with Gasteiger partial charge >= 0.3 is 0 Å². The van der Waals surface area contributed by atoms with Gasteiger partial charge in [-0.3, -0.25) is 0 Å². The van der Waals surface area contributed by atoms with Crippen LogP contribution < -0.4 is 4.90 Å². The van der Waals surface area contributed by atoms with E-state index in [1.54, 1.807) is 0 Å². The number of nitrogens with zero attached hydrogens (tertiary/aromatic N) is 1. The summed E-state index contributed by atoms with van der Waals surface area (Å²) in [5.74, 6) is 0. The quantitative estimate of drug-likeness (QED) is 0.172. The third-order valence-corrected chi connectivity index (χ3v) is 17.4. The summed E-state index contributed by atoms with van der Waals surface area (Å²) in [6, 6.07) is 101. The van der Waals surface area contributed by atoms with Crippen LogP contribution in [0.25, 0.3) is 99.5 Å². The van der Waals surface area contributed by atoms with Crippen LogP contribution in [-0.4, -0.2) is 0 Å². The number of hydrogen-bond donors (Lipinski definition) is 0. The summed E-state index contributed by atoms with van der Waals surface area (Å²) >= 11 is 0. The lowest BCUT2D eigenvalue weighted by Crippen LogP contribution is -2.58. The highest BCUT2D eigenvalue weighted by molar-refractivity contribution is 6.11. The summed E-state index contributed by atoms with van der Waals surface area (Å²) in [5, 5.41) is 4.48. The molecule has 2 aromatic heterocycles. The number of rotatable bonds is 5. The molecule has 0 spiro atoms. The second-order valence-electron chi connectivity index (χ2n) is 20.9. The van der Waals surface area contributed by atoms with E-state index in [0.29, 0.717) is 0 Å². The van der Waals surface area contributed by atoms with Crippen molar-refractivity contribution >= 4 is 60.9 Å². The molecule has 3 heteroatoms. The number of anilines is 3. The predicted molar refractivity (Wildman–Crippen MR) is 316 cm³/mol. The molecule has 0 saturated heterocycles. The van der Waals surface area contributed by atoms with E-state index in [2.05, 4.69) is 266 Å². The molecular formula is C74H45NO2. The first-order valence-electron chi connectivity index (χ1n) is 26.7. The smallest absolute Gasteiger partial charge is 0.143 e. The fourth-order valence-electron chi connectivity index (χ4n) is 14.6. The van der Waals surface area contributed by atoms with Gasteiger partial charge in [0.25, 0.3) is 0 Å². The molecule has 0 fully saturated rings. The normalized spacial score (nSPS) is 16.4. The summed E-state index contributed by atoms with van der Waals surface area (Å²) in [7, 11) is 0. The van der Waals surface area contributed by atoms with Crippen molar-refractivity contribution in [3.8, 4) is 55.6 Å². The van der Waals surface area contributed by atoms with Crippen LogP contribution in [0.1, 0.15) is 33.4 Å². The molecule has 0 radical (unpaired) electrons. The van der Waals surface area contributed by atoms with Crippen molar-refractivity contribution in [2.24, 2.45) is 0 Å². The Labute approximate surface area is 445 Å². The fraction of sp³-hybridized carbons (Fsp3) is 0.0270. The highest BCUT2D eigenvalue weighted by Gasteiger charge is 2.67. The molecule has 3 nitrogen and oxygen atoms in total. The van der Waals surface area contributed by atoms with Gasteiger partial charge in [-0.2, -0.15) is 0 Å². The van der Waals surface area contributed by atoms with Gasteiger partial charge < -0.3 is 13.7 Å². The van der Waals surface area contributed by atoms with Gasteiger partial charge in [-0.25, -0.2) is 0 Å². The number of furan rings is 2. The van der Waals surface area contributed by atoms with Crippen molar-refractivity contribution in [1.82, 2.24) is 0 Å². The molecular weight excluding hydrogens is 935 g/mol. The molecule has 2 heterocycles. The standard InChI is InChI=1S/C74H45NO2/c1-8-29-61-52(18-1)54-20-3-10-31-63(54)74-64-32-11-4-21-55(64)53-19-2-9-30-62(53)73(61,74)65-33-12-5-24-60(65)70-66(74)34-17-35-67(70)75(48-42-38-46(39-43-48)50-25-15-27-58-56-22-6-13-36-68(56)76-71(50)58)49-44-40-47(41-45-49)51-26-16-28-59-57-23-7-14-37-69(57)77-72(51)59/h1-45H. The molecule has 17 rings (SSSR count). The molecule has 14 aromatic rings. The lowest BCUT2D eigenvalue weighted by atomic mass is 9.38. The Hall–Kier alpha value is -9.96. The number of benzene rings is 12. The van der Waals surface area contributed by atoms with Gasteiger partial charge in [-0.15, -0.1) is 0 Å². The van der Waals surface area contributed by atoms with Crippen molar-refractivity contribution in [2.45, 2.75) is 10.8 Å². The molecule has 0 atom stereocenters. The van der Waals surface area contributed by atoms with Crippen LogP contribution in [0, 0.1) is 0 Å². The third-order valence-electron chi connectivity index (χ3n) is 17.4. The van der Waals surface area contributed by atoms with E-state index in [1.165, 1.54) is 66.8 Å². The second kappa shape index (κ2) is 15.8. The molecule has 12 aromatic carbocycles. The Morgan fingerprint density at radius 1 is 0.247 bits per heavy atom. The van der Waals surface area contributed by atoms with Crippen LogP contribution >= 0.6 is 0 Å². The molecule has 3 aliphatic carbocycles. The average molecular weight is 980 g/mol. The fourth-order valence-corrected chi connectivity index (χ4v) is 14.6. The van der Waals surface area contributed by atoms with Crippen molar-refractivity contribution in [1.29, 1.82) is 0 Å². The highest BCUT2D eigenvalue weighted by atomic mass is 16.3. The van der Waals surface area contributed by atoms with Crippen LogP contribution in [0.3, 0.4) is 0 Å². The Morgan fingerprint density at radius 2 is 0.571 bits per heavy atom. The molecule has 0 bridgehead atoms. The van der Waals surface area contributed by atoms with E-state index in [9.17, 15) is 0 Å². The van der Waals surface area contributed by atoms with Crippen LogP contribution in [0.5, 0.6) is 0 Å². The maximum Gasteiger partial charge on any atom is 0.143 e. The lowest BCUT2D eigenvalue weighted by molar-refractivity contribution is 0.405. The second-order valence-corrected chi connectivity index (χ2v) is 20.9. The van der Waals surface area contributed by atoms with Crippen LogP contribution in [0.4, 0.5) is 17.1 Å². The topological polar surface area (TPSA) is 29.5 Å². The van der Waals surface area contributed by atoms with E-state index >= 15 is 0 Å². The monoisotopic (exact) mass is 979 g/mol. The van der Waals surface area contributed by atoms with Crippen molar-refractivity contribution < 1.29 is 8.83 Å². The summed E-state index contributed by atoms with van der Waals surface area (Å²) in [6.07, 6.45) is 0. The Morgan fingerprint density at radius 3 is 1.03 bits per heavy atom.